The van der Waals surface area contributed by atoms with Crippen LogP contribution in [0.4, 0.5) is 0 Å². The molecule has 48 heavy (non-hydrogen) atoms. The van der Waals surface area contributed by atoms with Crippen LogP contribution in [0, 0.1) is 0 Å². The van der Waals surface area contributed by atoms with Gasteiger partial charge in [-0.1, -0.05) is 101 Å². The van der Waals surface area contributed by atoms with Gasteiger partial charge in [0.1, 0.15) is 0 Å². The summed E-state index contributed by atoms with van der Waals surface area (Å²) >= 11 is 0. The van der Waals surface area contributed by atoms with E-state index in [2.05, 4.69) is 26.0 Å². The van der Waals surface area contributed by atoms with Crippen LogP contribution < -0.4 is 22.2 Å². The van der Waals surface area contributed by atoms with E-state index in [9.17, 15) is 19.2 Å². The minimum atomic E-state index is -0.271. The molecule has 0 N–H and O–H groups in total. The van der Waals surface area contributed by atoms with Crippen molar-refractivity contribution in [3.63, 3.8) is 0 Å². The van der Waals surface area contributed by atoms with Crippen molar-refractivity contribution in [2.45, 2.75) is 78.3 Å². The first-order valence-corrected chi connectivity index (χ1v) is 17.5. The molecule has 0 radical (unpaired) electrons. The Hall–Kier alpha value is -5.10. The molecule has 6 aromatic carbocycles. The fraction of sp³-hybridized carbons (Fsp3) is 0.286. The van der Waals surface area contributed by atoms with E-state index in [0.29, 0.717) is 45.4 Å². The number of benzene rings is 6. The van der Waals surface area contributed by atoms with Crippen molar-refractivity contribution in [1.29, 1.82) is 0 Å². The van der Waals surface area contributed by atoms with Crippen LogP contribution in [-0.2, 0) is 13.1 Å². The van der Waals surface area contributed by atoms with Gasteiger partial charge in [-0.05, 0) is 80.2 Å². The minimum absolute atomic E-state index is 0.240. The highest BCUT2D eigenvalue weighted by Gasteiger charge is 2.22. The molecule has 0 atom stereocenters. The van der Waals surface area contributed by atoms with Crippen molar-refractivity contribution < 1.29 is 0 Å². The molecule has 2 aromatic heterocycles. The summed E-state index contributed by atoms with van der Waals surface area (Å²) in [7, 11) is 0. The number of nitrogens with zero attached hydrogens (tertiary/aromatic N) is 2. The number of unbranched alkanes of at least 4 members (excludes halogenated alkanes) is 6. The number of hydrogen-bond donors (Lipinski definition) is 0. The minimum Gasteiger partial charge on any atom is -0.274 e. The fourth-order valence-electron chi connectivity index (χ4n) is 8.15. The normalized spacial score (nSPS) is 12.3. The summed E-state index contributed by atoms with van der Waals surface area (Å²) in [6.07, 6.45) is 7.72. The van der Waals surface area contributed by atoms with E-state index >= 15 is 0 Å². The average molecular weight is 635 g/mol. The SMILES string of the molecule is CCCCCCn1c(=O)c2cccc3c2c(cc2c4cc5c(=O)n(CCCCCC)c(=O)c6cccc(c65)c4c4ccccc4c23)c1=O. The third-order valence-corrected chi connectivity index (χ3v) is 10.5. The van der Waals surface area contributed by atoms with E-state index in [4.69, 9.17) is 0 Å². The van der Waals surface area contributed by atoms with Gasteiger partial charge in [-0.25, -0.2) is 0 Å². The van der Waals surface area contributed by atoms with Gasteiger partial charge in [-0.15, -0.1) is 0 Å². The maximum absolute atomic E-state index is 14.2. The molecule has 0 aliphatic rings. The van der Waals surface area contributed by atoms with Crippen LogP contribution in [-0.4, -0.2) is 9.13 Å². The topological polar surface area (TPSA) is 78.1 Å². The van der Waals surface area contributed by atoms with Crippen molar-refractivity contribution in [3.8, 4) is 0 Å². The molecule has 0 saturated carbocycles. The zero-order chi connectivity index (χ0) is 33.1. The number of rotatable bonds is 10. The Morgan fingerprint density at radius 1 is 0.375 bits per heavy atom. The van der Waals surface area contributed by atoms with E-state index in [1.807, 2.05) is 60.7 Å². The second kappa shape index (κ2) is 11.9. The van der Waals surface area contributed by atoms with Crippen LogP contribution in [0.5, 0.6) is 0 Å². The summed E-state index contributed by atoms with van der Waals surface area (Å²) in [6, 6.07) is 23.6. The second-order valence-corrected chi connectivity index (χ2v) is 13.3. The van der Waals surface area contributed by atoms with Gasteiger partial charge in [0, 0.05) is 45.4 Å². The highest BCUT2D eigenvalue weighted by atomic mass is 16.2. The first kappa shape index (κ1) is 30.2. The molecular weight excluding hydrogens is 596 g/mol. The van der Waals surface area contributed by atoms with E-state index in [0.717, 1.165) is 94.5 Å². The monoisotopic (exact) mass is 634 g/mol. The van der Waals surface area contributed by atoms with E-state index in [1.165, 1.54) is 9.13 Å². The van der Waals surface area contributed by atoms with Crippen molar-refractivity contribution in [2.75, 3.05) is 0 Å². The molecule has 6 heteroatoms. The molecule has 240 valence electrons. The van der Waals surface area contributed by atoms with Gasteiger partial charge in [0.25, 0.3) is 22.2 Å². The highest BCUT2D eigenvalue weighted by molar-refractivity contribution is 6.40. The molecule has 8 aromatic rings. The number of fused-ring (bicyclic) bond motifs is 8. The van der Waals surface area contributed by atoms with Gasteiger partial charge in [-0.2, -0.15) is 0 Å². The van der Waals surface area contributed by atoms with Crippen molar-refractivity contribution in [3.05, 3.63) is 114 Å². The van der Waals surface area contributed by atoms with Gasteiger partial charge in [0.2, 0.25) is 0 Å². The number of pyridine rings is 2. The van der Waals surface area contributed by atoms with Gasteiger partial charge in [0.15, 0.2) is 0 Å². The maximum Gasteiger partial charge on any atom is 0.261 e. The number of hydrogen-bond acceptors (Lipinski definition) is 4. The maximum atomic E-state index is 14.2. The highest BCUT2D eigenvalue weighted by Crippen LogP contribution is 2.44. The Labute approximate surface area is 276 Å². The Morgan fingerprint density at radius 2 is 0.729 bits per heavy atom. The Balaban J connectivity index is 1.54. The zero-order valence-corrected chi connectivity index (χ0v) is 27.5. The van der Waals surface area contributed by atoms with Crippen molar-refractivity contribution in [1.82, 2.24) is 9.13 Å². The van der Waals surface area contributed by atoms with E-state index < -0.39 is 0 Å². The lowest BCUT2D eigenvalue weighted by molar-refractivity contribution is 0.564. The van der Waals surface area contributed by atoms with Crippen molar-refractivity contribution in [2.24, 2.45) is 0 Å². The van der Waals surface area contributed by atoms with Gasteiger partial charge < -0.3 is 0 Å². The molecule has 0 saturated heterocycles. The summed E-state index contributed by atoms with van der Waals surface area (Å²) in [6.45, 7) is 5.06. The predicted octanol–water partition coefficient (Wildman–Crippen LogP) is 8.84. The predicted molar refractivity (Wildman–Crippen MR) is 201 cm³/mol. The summed E-state index contributed by atoms with van der Waals surface area (Å²) in [5.41, 5.74) is -1.02. The standard InChI is InChI=1S/C42H38N2O4/c1-3-5-7-11-21-43-39(45)29-19-13-17-27-35-25-15-9-10-16-26(25)36-28-18-14-20-30-38(28)34(42(48)44(40(30)46)22-12-8-6-4-2)24-32(36)31(35)23-33(37(27)29)41(43)47/h9-10,13-20,23-24H,3-8,11-12,21-22H2,1-2H3. The largest absolute Gasteiger partial charge is 0.274 e. The lowest BCUT2D eigenvalue weighted by Crippen LogP contribution is -2.33. The van der Waals surface area contributed by atoms with Crippen LogP contribution in [0.25, 0.3) is 75.4 Å². The Bertz CT molecular complexity index is 2600. The second-order valence-electron chi connectivity index (χ2n) is 13.3. The van der Waals surface area contributed by atoms with E-state index in [1.54, 1.807) is 0 Å². The van der Waals surface area contributed by atoms with E-state index in [-0.39, 0.29) is 22.2 Å². The summed E-state index contributed by atoms with van der Waals surface area (Å²) in [4.78, 5) is 56.0. The molecule has 0 bridgehead atoms. The zero-order valence-electron chi connectivity index (χ0n) is 27.5. The molecule has 0 amide bonds. The van der Waals surface area contributed by atoms with Crippen LogP contribution >= 0.6 is 0 Å². The molecule has 2 heterocycles. The molecule has 0 spiro atoms. The third-order valence-electron chi connectivity index (χ3n) is 10.5. The summed E-state index contributed by atoms with van der Waals surface area (Å²) in [5.74, 6) is 0. The molecule has 0 aliphatic heterocycles. The molecule has 6 nitrogen and oxygen atoms in total. The van der Waals surface area contributed by atoms with Crippen LogP contribution in [0.3, 0.4) is 0 Å². The van der Waals surface area contributed by atoms with Gasteiger partial charge in [-0.3, -0.25) is 28.3 Å². The quantitative estimate of drug-likeness (QED) is 0.0856. The molecule has 0 fully saturated rings. The molecule has 0 unspecified atom stereocenters. The van der Waals surface area contributed by atoms with Crippen LogP contribution in [0.15, 0.2) is 92.0 Å². The summed E-state index contributed by atoms with van der Waals surface area (Å²) in [5, 5.41) is 10.8. The van der Waals surface area contributed by atoms with Crippen LogP contribution in [0.1, 0.15) is 65.2 Å². The average Bonchev–Trinajstić information content (AvgIpc) is 3.11. The Kier molecular flexibility index (Phi) is 7.47. The first-order chi connectivity index (χ1) is 23.5. The Morgan fingerprint density at radius 3 is 1.15 bits per heavy atom. The number of aromatic nitrogens is 2. The lowest BCUT2D eigenvalue weighted by Gasteiger charge is -2.18. The van der Waals surface area contributed by atoms with Gasteiger partial charge in [0.05, 0.1) is 0 Å². The lowest BCUT2D eigenvalue weighted by atomic mass is 9.86. The third kappa shape index (κ3) is 4.38. The smallest absolute Gasteiger partial charge is 0.261 e. The fourth-order valence-corrected chi connectivity index (χ4v) is 8.15. The van der Waals surface area contributed by atoms with Crippen LogP contribution in [0.2, 0.25) is 0 Å². The summed E-state index contributed by atoms with van der Waals surface area (Å²) < 4.78 is 2.83. The molecule has 0 aliphatic carbocycles. The first-order valence-electron chi connectivity index (χ1n) is 17.5. The van der Waals surface area contributed by atoms with Crippen molar-refractivity contribution >= 4 is 75.4 Å². The molecular formula is C42H38N2O4. The molecule has 8 rings (SSSR count). The van der Waals surface area contributed by atoms with Gasteiger partial charge >= 0.3 is 0 Å².